The second-order valence-corrected chi connectivity index (χ2v) is 9.16. The summed E-state index contributed by atoms with van der Waals surface area (Å²) in [5, 5.41) is 12.6. The highest BCUT2D eigenvalue weighted by atomic mass is 16.5. The van der Waals surface area contributed by atoms with Gasteiger partial charge in [0.2, 0.25) is 11.8 Å². The first-order valence-electron chi connectivity index (χ1n) is 12.0. The number of rotatable bonds is 14. The Hall–Kier alpha value is -2.15. The first-order chi connectivity index (χ1) is 15.4. The highest BCUT2D eigenvalue weighted by Crippen LogP contribution is 2.31. The van der Waals surface area contributed by atoms with Crippen molar-refractivity contribution in [2.24, 2.45) is 5.92 Å². The molecular formula is C25H40N2O5. The summed E-state index contributed by atoms with van der Waals surface area (Å²) < 4.78 is 5.54. The van der Waals surface area contributed by atoms with E-state index in [0.717, 1.165) is 57.8 Å². The number of likely N-dealkylation sites (tertiary alicyclic amines) is 1. The van der Waals surface area contributed by atoms with E-state index in [0.29, 0.717) is 19.4 Å². The third-order valence-corrected chi connectivity index (χ3v) is 6.65. The normalized spacial score (nSPS) is 20.5. The summed E-state index contributed by atoms with van der Waals surface area (Å²) in [7, 11) is 0. The molecule has 0 spiro atoms. The van der Waals surface area contributed by atoms with Crippen molar-refractivity contribution >= 4 is 17.8 Å². The maximum atomic E-state index is 13.2. The summed E-state index contributed by atoms with van der Waals surface area (Å²) in [6.45, 7) is 8.18. The minimum atomic E-state index is -0.558. The van der Waals surface area contributed by atoms with Gasteiger partial charge in [-0.1, -0.05) is 25.0 Å². The summed E-state index contributed by atoms with van der Waals surface area (Å²) in [5.41, 5.74) is -0.558. The molecule has 0 aromatic carbocycles. The molecule has 1 saturated carbocycles. The molecule has 2 N–H and O–H groups in total. The van der Waals surface area contributed by atoms with E-state index in [-0.39, 0.29) is 43.5 Å². The topological polar surface area (TPSA) is 95.9 Å². The molecule has 2 fully saturated rings. The van der Waals surface area contributed by atoms with Crippen LogP contribution in [-0.2, 0) is 19.1 Å². The van der Waals surface area contributed by atoms with Crippen LogP contribution in [0.4, 0.5) is 0 Å². The number of nitrogens with zero attached hydrogens (tertiary/aromatic N) is 1. The molecule has 0 bridgehead atoms. The zero-order valence-corrected chi connectivity index (χ0v) is 19.4. The summed E-state index contributed by atoms with van der Waals surface area (Å²) in [6, 6.07) is -0.151. The molecule has 2 aliphatic rings. The van der Waals surface area contributed by atoms with Gasteiger partial charge in [-0.2, -0.15) is 0 Å². The number of carbonyl (C=O) groups is 3. The van der Waals surface area contributed by atoms with E-state index in [1.165, 1.54) is 0 Å². The second kappa shape index (κ2) is 13.4. The highest BCUT2D eigenvalue weighted by molar-refractivity contribution is 5.86. The van der Waals surface area contributed by atoms with Gasteiger partial charge in [-0.3, -0.25) is 14.4 Å². The van der Waals surface area contributed by atoms with Crippen molar-refractivity contribution in [3.63, 3.8) is 0 Å². The molecule has 0 radical (unpaired) electrons. The van der Waals surface area contributed by atoms with Crippen LogP contribution < -0.4 is 5.32 Å². The largest absolute Gasteiger partial charge is 0.463 e. The van der Waals surface area contributed by atoms with Crippen molar-refractivity contribution in [2.75, 3.05) is 19.8 Å². The number of esters is 1. The fourth-order valence-corrected chi connectivity index (χ4v) is 4.74. The van der Waals surface area contributed by atoms with Gasteiger partial charge < -0.3 is 20.1 Å². The third-order valence-electron chi connectivity index (χ3n) is 6.65. The minimum Gasteiger partial charge on any atom is -0.463 e. The Morgan fingerprint density at radius 1 is 1.16 bits per heavy atom. The van der Waals surface area contributed by atoms with Gasteiger partial charge in [-0.15, -0.1) is 13.2 Å². The Kier molecular flexibility index (Phi) is 10.9. The molecule has 1 heterocycles. The van der Waals surface area contributed by atoms with Gasteiger partial charge in [-0.05, 0) is 51.4 Å². The van der Waals surface area contributed by atoms with Crippen LogP contribution in [0.2, 0.25) is 0 Å². The van der Waals surface area contributed by atoms with Gasteiger partial charge in [0, 0.05) is 19.4 Å². The van der Waals surface area contributed by atoms with Crippen LogP contribution in [0.5, 0.6) is 0 Å². The number of nitrogens with one attached hydrogen (secondary N) is 1. The zero-order valence-electron chi connectivity index (χ0n) is 19.4. The van der Waals surface area contributed by atoms with Crippen LogP contribution in [0, 0.1) is 5.92 Å². The number of unbranched alkanes of at least 4 members (excludes halogenated alkanes) is 2. The summed E-state index contributed by atoms with van der Waals surface area (Å²) in [4.78, 5) is 39.8. The molecule has 7 nitrogen and oxygen atoms in total. The number of hydrogen-bond donors (Lipinski definition) is 2. The van der Waals surface area contributed by atoms with E-state index in [4.69, 9.17) is 4.74 Å². The molecule has 1 aliphatic heterocycles. The fourth-order valence-electron chi connectivity index (χ4n) is 4.74. The lowest BCUT2D eigenvalue weighted by atomic mass is 9.94. The van der Waals surface area contributed by atoms with Gasteiger partial charge in [0.25, 0.3) is 0 Å². The molecule has 2 atom stereocenters. The Balaban J connectivity index is 1.93. The van der Waals surface area contributed by atoms with Crippen LogP contribution in [-0.4, -0.2) is 59.1 Å². The maximum absolute atomic E-state index is 13.2. The fraction of sp³-hybridized carbons (Fsp3) is 0.720. The standard InChI is InChI=1S/C25H40N2O5/c1-3-5-6-7-13-23(30)32-19-25(14-8-9-15-25)26-24(31)20(11-4-2)17-22(29)27-16-10-12-21(27)18-28/h3-4,20-21,28H,1-2,5-19H2,(H,26,31). The average Bonchev–Trinajstić information content (AvgIpc) is 3.45. The molecule has 2 amide bonds. The molecule has 180 valence electrons. The lowest BCUT2D eigenvalue weighted by Gasteiger charge is -2.32. The molecule has 0 aromatic rings. The van der Waals surface area contributed by atoms with Crippen molar-refractivity contribution < 1.29 is 24.2 Å². The molecule has 7 heteroatoms. The van der Waals surface area contributed by atoms with Gasteiger partial charge in [0.15, 0.2) is 0 Å². The van der Waals surface area contributed by atoms with Crippen LogP contribution in [0.3, 0.4) is 0 Å². The maximum Gasteiger partial charge on any atom is 0.305 e. The highest BCUT2D eigenvalue weighted by Gasteiger charge is 2.39. The number of aliphatic hydroxyl groups is 1. The predicted octanol–water partition coefficient (Wildman–Crippen LogP) is 3.27. The van der Waals surface area contributed by atoms with E-state index < -0.39 is 11.5 Å². The lowest BCUT2D eigenvalue weighted by Crippen LogP contribution is -2.52. The Morgan fingerprint density at radius 3 is 2.56 bits per heavy atom. The lowest BCUT2D eigenvalue weighted by molar-refractivity contribution is -0.147. The molecule has 1 saturated heterocycles. The van der Waals surface area contributed by atoms with E-state index in [2.05, 4.69) is 18.5 Å². The van der Waals surface area contributed by atoms with Gasteiger partial charge in [-0.25, -0.2) is 0 Å². The van der Waals surface area contributed by atoms with E-state index >= 15 is 0 Å². The first-order valence-corrected chi connectivity index (χ1v) is 12.0. The van der Waals surface area contributed by atoms with Crippen molar-refractivity contribution in [3.05, 3.63) is 25.3 Å². The smallest absolute Gasteiger partial charge is 0.305 e. The van der Waals surface area contributed by atoms with Crippen molar-refractivity contribution in [1.82, 2.24) is 10.2 Å². The molecule has 1 aliphatic carbocycles. The number of hydrogen-bond acceptors (Lipinski definition) is 5. The summed E-state index contributed by atoms with van der Waals surface area (Å²) in [6.07, 6.45) is 12.0. The van der Waals surface area contributed by atoms with Gasteiger partial charge in [0.1, 0.15) is 6.61 Å². The summed E-state index contributed by atoms with van der Waals surface area (Å²) in [5.74, 6) is -1.06. The molecule has 32 heavy (non-hydrogen) atoms. The average molecular weight is 449 g/mol. The molecular weight excluding hydrogens is 408 g/mol. The zero-order chi connectivity index (χ0) is 23.4. The van der Waals surface area contributed by atoms with Crippen LogP contribution in [0.1, 0.15) is 77.0 Å². The minimum absolute atomic E-state index is 0.0495. The van der Waals surface area contributed by atoms with E-state index in [1.54, 1.807) is 11.0 Å². The SMILES string of the molecule is C=CCCCCC(=O)OCC1(NC(=O)C(CC=C)CC(=O)N2CCCC2CO)CCCC1. The quantitative estimate of drug-likeness (QED) is 0.242. The molecule has 0 aromatic heterocycles. The number of aliphatic hydroxyl groups excluding tert-OH is 1. The van der Waals surface area contributed by atoms with E-state index in [9.17, 15) is 19.5 Å². The third kappa shape index (κ3) is 7.76. The van der Waals surface area contributed by atoms with Crippen molar-refractivity contribution in [2.45, 2.75) is 88.6 Å². The van der Waals surface area contributed by atoms with Gasteiger partial charge in [0.05, 0.1) is 24.1 Å². The van der Waals surface area contributed by atoms with Crippen LogP contribution >= 0.6 is 0 Å². The molecule has 2 rings (SSSR count). The Bertz CT molecular complexity index is 657. The van der Waals surface area contributed by atoms with E-state index in [1.807, 2.05) is 6.08 Å². The Labute approximate surface area is 192 Å². The molecule has 2 unspecified atom stereocenters. The van der Waals surface area contributed by atoms with Crippen LogP contribution in [0.15, 0.2) is 25.3 Å². The van der Waals surface area contributed by atoms with Crippen molar-refractivity contribution in [3.8, 4) is 0 Å². The van der Waals surface area contributed by atoms with Gasteiger partial charge >= 0.3 is 5.97 Å². The first kappa shape index (κ1) is 26.1. The van der Waals surface area contributed by atoms with Crippen LogP contribution in [0.25, 0.3) is 0 Å². The second-order valence-electron chi connectivity index (χ2n) is 9.16. The van der Waals surface area contributed by atoms with Crippen molar-refractivity contribution in [1.29, 1.82) is 0 Å². The predicted molar refractivity (Wildman–Crippen MR) is 124 cm³/mol. The number of amides is 2. The monoisotopic (exact) mass is 448 g/mol. The summed E-state index contributed by atoms with van der Waals surface area (Å²) >= 11 is 0. The number of allylic oxidation sites excluding steroid dienone is 2. The number of carbonyl (C=O) groups excluding carboxylic acids is 3. The number of ether oxygens (including phenoxy) is 1. The Morgan fingerprint density at radius 2 is 1.91 bits per heavy atom.